The van der Waals surface area contributed by atoms with Gasteiger partial charge < -0.3 is 10.6 Å². The van der Waals surface area contributed by atoms with Crippen molar-refractivity contribution >= 4 is 17.4 Å². The lowest BCUT2D eigenvalue weighted by Gasteiger charge is -2.17. The lowest BCUT2D eigenvalue weighted by Crippen LogP contribution is -2.20. The van der Waals surface area contributed by atoms with Gasteiger partial charge in [-0.3, -0.25) is 4.79 Å². The molecule has 0 radical (unpaired) electrons. The molecule has 0 bridgehead atoms. The molecule has 1 amide bonds. The Morgan fingerprint density at radius 1 is 1.08 bits per heavy atom. The Kier molecular flexibility index (Phi) is 4.75. The van der Waals surface area contributed by atoms with Gasteiger partial charge in [0.2, 0.25) is 0 Å². The van der Waals surface area contributed by atoms with Crippen molar-refractivity contribution in [3.05, 3.63) is 66.1 Å². The Balaban J connectivity index is 1.94. The summed E-state index contributed by atoms with van der Waals surface area (Å²) in [6.45, 7) is 6.14. The molecule has 0 aliphatic carbocycles. The van der Waals surface area contributed by atoms with Crippen molar-refractivity contribution in [2.45, 2.75) is 26.2 Å². The van der Waals surface area contributed by atoms with Gasteiger partial charge in [0.1, 0.15) is 5.82 Å². The van der Waals surface area contributed by atoms with E-state index in [0.29, 0.717) is 11.3 Å². The third kappa shape index (κ3) is 3.74. The van der Waals surface area contributed by atoms with Crippen LogP contribution in [0.15, 0.2) is 54.9 Å². The summed E-state index contributed by atoms with van der Waals surface area (Å²) in [7, 11) is 1.80. The van der Waals surface area contributed by atoms with Crippen LogP contribution >= 0.6 is 0 Å². The molecule has 134 valence electrons. The maximum Gasteiger partial charge on any atom is 0.259 e. The van der Waals surface area contributed by atoms with E-state index in [4.69, 9.17) is 0 Å². The lowest BCUT2D eigenvalue weighted by atomic mass is 9.89. The van der Waals surface area contributed by atoms with Gasteiger partial charge in [-0.15, -0.1) is 0 Å². The van der Waals surface area contributed by atoms with Crippen molar-refractivity contribution in [2.24, 2.45) is 0 Å². The van der Waals surface area contributed by atoms with Crippen LogP contribution in [0.1, 0.15) is 36.8 Å². The number of nitrogens with one attached hydrogen (secondary N) is 2. The number of para-hydroxylation sites is 1. The third-order valence-electron chi connectivity index (χ3n) is 3.97. The van der Waals surface area contributed by atoms with Crippen LogP contribution in [0, 0.1) is 0 Å². The third-order valence-corrected chi connectivity index (χ3v) is 3.97. The first-order valence-electron chi connectivity index (χ1n) is 8.49. The molecule has 0 spiro atoms. The topological polar surface area (TPSA) is 71.8 Å². The highest BCUT2D eigenvalue weighted by Gasteiger charge is 2.26. The van der Waals surface area contributed by atoms with Crippen LogP contribution in [0.3, 0.4) is 0 Å². The molecule has 26 heavy (non-hydrogen) atoms. The molecule has 0 aliphatic rings. The zero-order valence-electron chi connectivity index (χ0n) is 15.4. The number of benzene rings is 1. The fourth-order valence-electron chi connectivity index (χ4n) is 2.62. The highest BCUT2D eigenvalue weighted by atomic mass is 16.1. The van der Waals surface area contributed by atoms with Gasteiger partial charge in [-0.2, -0.15) is 5.10 Å². The number of rotatable bonds is 4. The summed E-state index contributed by atoms with van der Waals surface area (Å²) in [5, 5.41) is 10.5. The molecule has 0 unspecified atom stereocenters. The average Bonchev–Trinajstić information content (AvgIpc) is 3.09. The van der Waals surface area contributed by atoms with Crippen molar-refractivity contribution in [3.63, 3.8) is 0 Å². The van der Waals surface area contributed by atoms with Crippen LogP contribution in [-0.2, 0) is 5.41 Å². The summed E-state index contributed by atoms with van der Waals surface area (Å²) in [5.74, 6) is 0.548. The number of amides is 1. The number of hydrogen-bond donors (Lipinski definition) is 2. The second-order valence-electron chi connectivity index (χ2n) is 7.06. The van der Waals surface area contributed by atoms with E-state index in [1.807, 2.05) is 63.2 Å². The van der Waals surface area contributed by atoms with E-state index in [0.717, 1.165) is 17.2 Å². The fraction of sp³-hybridized carbons (Fsp3) is 0.250. The van der Waals surface area contributed by atoms with E-state index >= 15 is 0 Å². The number of nitrogens with zero attached hydrogens (tertiary/aromatic N) is 3. The summed E-state index contributed by atoms with van der Waals surface area (Å²) in [4.78, 5) is 17.1. The van der Waals surface area contributed by atoms with Gasteiger partial charge in [-0.05, 0) is 24.3 Å². The maximum absolute atomic E-state index is 12.9. The van der Waals surface area contributed by atoms with Crippen molar-refractivity contribution < 1.29 is 4.79 Å². The fourth-order valence-corrected chi connectivity index (χ4v) is 2.62. The number of anilines is 2. The average molecular weight is 349 g/mol. The molecule has 6 heteroatoms. The van der Waals surface area contributed by atoms with Crippen LogP contribution in [0.4, 0.5) is 11.5 Å². The molecular formula is C20H23N5O. The van der Waals surface area contributed by atoms with E-state index in [-0.39, 0.29) is 11.3 Å². The molecule has 2 N–H and O–H groups in total. The molecule has 1 aromatic carbocycles. The minimum Gasteiger partial charge on any atom is -0.373 e. The first-order chi connectivity index (χ1) is 12.4. The quantitative estimate of drug-likeness (QED) is 0.750. The molecule has 0 saturated heterocycles. The second-order valence-corrected chi connectivity index (χ2v) is 7.06. The van der Waals surface area contributed by atoms with Gasteiger partial charge in [0.05, 0.1) is 28.8 Å². The first-order valence-corrected chi connectivity index (χ1v) is 8.49. The molecule has 3 aromatic rings. The molecule has 3 rings (SSSR count). The van der Waals surface area contributed by atoms with E-state index in [2.05, 4.69) is 20.7 Å². The molecule has 0 aliphatic heterocycles. The van der Waals surface area contributed by atoms with Crippen LogP contribution < -0.4 is 10.6 Å². The molecule has 0 fully saturated rings. The predicted octanol–water partition coefficient (Wildman–Crippen LogP) is 3.86. The SMILES string of the molecule is CNc1ccc(NC(=O)c2cn(-c3ccccc3)nc2C(C)(C)C)cn1. The van der Waals surface area contributed by atoms with Crippen molar-refractivity contribution in [3.8, 4) is 5.69 Å². The number of hydrogen-bond acceptors (Lipinski definition) is 4. The second kappa shape index (κ2) is 7.00. The number of aromatic nitrogens is 3. The summed E-state index contributed by atoms with van der Waals surface area (Å²) < 4.78 is 1.75. The van der Waals surface area contributed by atoms with E-state index in [1.165, 1.54) is 0 Å². The summed E-state index contributed by atoms with van der Waals surface area (Å²) >= 11 is 0. The Bertz CT molecular complexity index is 892. The van der Waals surface area contributed by atoms with Crippen LogP contribution in [0.2, 0.25) is 0 Å². The Hall–Kier alpha value is -3.15. The van der Waals surface area contributed by atoms with Crippen LogP contribution in [0.5, 0.6) is 0 Å². The highest BCUT2D eigenvalue weighted by molar-refractivity contribution is 6.05. The maximum atomic E-state index is 12.9. The Morgan fingerprint density at radius 3 is 2.38 bits per heavy atom. The first kappa shape index (κ1) is 17.7. The number of pyridine rings is 1. The van der Waals surface area contributed by atoms with E-state index < -0.39 is 0 Å². The van der Waals surface area contributed by atoms with Gasteiger partial charge in [0.15, 0.2) is 0 Å². The zero-order chi connectivity index (χ0) is 18.7. The molecule has 0 saturated carbocycles. The summed E-state index contributed by atoms with van der Waals surface area (Å²) in [6.07, 6.45) is 3.41. The molecule has 6 nitrogen and oxygen atoms in total. The summed E-state index contributed by atoms with van der Waals surface area (Å²) in [6, 6.07) is 13.4. The normalized spacial score (nSPS) is 11.2. The van der Waals surface area contributed by atoms with Gasteiger partial charge in [-0.25, -0.2) is 9.67 Å². The van der Waals surface area contributed by atoms with Crippen molar-refractivity contribution in [1.29, 1.82) is 0 Å². The van der Waals surface area contributed by atoms with Gasteiger partial charge in [-0.1, -0.05) is 39.0 Å². The smallest absolute Gasteiger partial charge is 0.259 e. The highest BCUT2D eigenvalue weighted by Crippen LogP contribution is 2.26. The molecule has 0 atom stereocenters. The minimum absolute atomic E-state index is 0.198. The lowest BCUT2D eigenvalue weighted by molar-refractivity contribution is 0.102. The Labute approximate surface area is 153 Å². The Morgan fingerprint density at radius 2 is 1.81 bits per heavy atom. The predicted molar refractivity (Wildman–Crippen MR) is 104 cm³/mol. The van der Waals surface area contributed by atoms with Crippen LogP contribution in [0.25, 0.3) is 5.69 Å². The van der Waals surface area contributed by atoms with Gasteiger partial charge in [0.25, 0.3) is 5.91 Å². The largest absolute Gasteiger partial charge is 0.373 e. The molecular weight excluding hydrogens is 326 g/mol. The number of carbonyl (C=O) groups is 1. The zero-order valence-corrected chi connectivity index (χ0v) is 15.4. The standard InChI is InChI=1S/C20H23N5O/c1-20(2,3)18-16(13-25(24-18)15-8-6-5-7-9-15)19(26)23-14-10-11-17(21-4)22-12-14/h5-13H,1-4H3,(H,21,22)(H,23,26). The van der Waals surface area contributed by atoms with Gasteiger partial charge in [0, 0.05) is 18.7 Å². The van der Waals surface area contributed by atoms with Crippen LogP contribution in [-0.4, -0.2) is 27.7 Å². The molecule has 2 heterocycles. The van der Waals surface area contributed by atoms with Crippen molar-refractivity contribution in [2.75, 3.05) is 17.7 Å². The summed E-state index contributed by atoms with van der Waals surface area (Å²) in [5.41, 5.74) is 2.59. The monoisotopic (exact) mass is 349 g/mol. The van der Waals surface area contributed by atoms with E-state index in [1.54, 1.807) is 24.1 Å². The minimum atomic E-state index is -0.263. The van der Waals surface area contributed by atoms with Crippen molar-refractivity contribution in [1.82, 2.24) is 14.8 Å². The number of carbonyl (C=O) groups excluding carboxylic acids is 1. The van der Waals surface area contributed by atoms with E-state index in [9.17, 15) is 4.79 Å². The van der Waals surface area contributed by atoms with Gasteiger partial charge >= 0.3 is 0 Å². The molecule has 2 aromatic heterocycles.